The van der Waals surface area contributed by atoms with Crippen LogP contribution in [0.5, 0.6) is 5.75 Å². The second-order valence-electron chi connectivity index (χ2n) is 6.45. The second-order valence-corrected chi connectivity index (χ2v) is 7.32. The molecule has 27 heavy (non-hydrogen) atoms. The molecule has 1 aromatic carbocycles. The number of pyridine rings is 1. The fraction of sp³-hybridized carbons (Fsp3) is 0.300. The van der Waals surface area contributed by atoms with Crippen LogP contribution in [0.15, 0.2) is 36.7 Å². The summed E-state index contributed by atoms with van der Waals surface area (Å²) in [6.07, 6.45) is 8.95. The summed E-state index contributed by atoms with van der Waals surface area (Å²) in [7, 11) is 0. The van der Waals surface area contributed by atoms with E-state index < -0.39 is 0 Å². The van der Waals surface area contributed by atoms with Crippen molar-refractivity contribution < 1.29 is 4.74 Å². The van der Waals surface area contributed by atoms with Gasteiger partial charge in [-0.25, -0.2) is 9.97 Å². The number of thioether (sulfide) groups is 1. The summed E-state index contributed by atoms with van der Waals surface area (Å²) in [5.41, 5.74) is 3.04. The van der Waals surface area contributed by atoms with Crippen molar-refractivity contribution in [1.29, 1.82) is 5.26 Å². The van der Waals surface area contributed by atoms with Gasteiger partial charge >= 0.3 is 0 Å². The average molecular weight is 377 g/mol. The van der Waals surface area contributed by atoms with Crippen LogP contribution in [0.25, 0.3) is 10.9 Å². The number of nitrogens with zero attached hydrogens (tertiary/aromatic N) is 4. The summed E-state index contributed by atoms with van der Waals surface area (Å²) in [5.74, 6) is 1.87. The van der Waals surface area contributed by atoms with E-state index in [0.717, 1.165) is 35.4 Å². The minimum atomic E-state index is 0.170. The fourth-order valence-corrected chi connectivity index (χ4v) is 3.36. The van der Waals surface area contributed by atoms with Crippen molar-refractivity contribution in [3.8, 4) is 11.8 Å². The highest BCUT2D eigenvalue weighted by Gasteiger charge is 2.22. The third kappa shape index (κ3) is 3.81. The Bertz CT molecular complexity index is 1010. The standard InChI is InChI=1S/C20H19N5OS/c1-27-12-16-9-15(7-8-22-16)24-20-23-11-14-6-5-13(10-21)19(18(14)25-20)26-17-3-2-4-17/h5-9,11,17H,2-4,12H2,1H3,(H,22,23,24,25). The predicted octanol–water partition coefficient (Wildman–Crippen LogP) is 4.43. The third-order valence-corrected chi connectivity index (χ3v) is 5.11. The molecule has 1 aliphatic carbocycles. The summed E-state index contributed by atoms with van der Waals surface area (Å²) in [6, 6.07) is 9.71. The van der Waals surface area contributed by atoms with E-state index in [1.807, 2.05) is 24.5 Å². The quantitative estimate of drug-likeness (QED) is 0.680. The predicted molar refractivity (Wildman–Crippen MR) is 107 cm³/mol. The molecule has 1 N–H and O–H groups in total. The van der Waals surface area contributed by atoms with Gasteiger partial charge in [0.1, 0.15) is 11.6 Å². The van der Waals surface area contributed by atoms with Crippen LogP contribution < -0.4 is 10.1 Å². The molecule has 7 heteroatoms. The van der Waals surface area contributed by atoms with Gasteiger partial charge in [-0.05, 0) is 49.8 Å². The van der Waals surface area contributed by atoms with Crippen molar-refractivity contribution in [2.75, 3.05) is 11.6 Å². The van der Waals surface area contributed by atoms with Gasteiger partial charge in [0.2, 0.25) is 5.95 Å². The first-order valence-electron chi connectivity index (χ1n) is 8.84. The number of rotatable bonds is 6. The van der Waals surface area contributed by atoms with Crippen LogP contribution in [0.3, 0.4) is 0 Å². The van der Waals surface area contributed by atoms with Crippen molar-refractivity contribution in [3.63, 3.8) is 0 Å². The lowest BCUT2D eigenvalue weighted by molar-refractivity contribution is 0.121. The Morgan fingerprint density at radius 2 is 2.19 bits per heavy atom. The molecular weight excluding hydrogens is 358 g/mol. The molecule has 0 bridgehead atoms. The SMILES string of the molecule is CSCc1cc(Nc2ncc3ccc(C#N)c(OC4CCC4)c3n2)ccn1. The Labute approximate surface area is 162 Å². The van der Waals surface area contributed by atoms with E-state index in [-0.39, 0.29) is 6.10 Å². The highest BCUT2D eigenvalue weighted by Crippen LogP contribution is 2.33. The molecule has 0 spiro atoms. The van der Waals surface area contributed by atoms with Crippen molar-refractivity contribution in [1.82, 2.24) is 15.0 Å². The molecule has 4 rings (SSSR count). The summed E-state index contributed by atoms with van der Waals surface area (Å²) < 4.78 is 6.09. The minimum Gasteiger partial charge on any atom is -0.487 e. The molecule has 1 fully saturated rings. The third-order valence-electron chi connectivity index (χ3n) is 4.53. The molecule has 136 valence electrons. The van der Waals surface area contributed by atoms with Gasteiger partial charge in [0.25, 0.3) is 0 Å². The van der Waals surface area contributed by atoms with Crippen molar-refractivity contribution in [2.45, 2.75) is 31.1 Å². The summed E-state index contributed by atoms with van der Waals surface area (Å²) in [5, 5.41) is 13.6. The average Bonchev–Trinajstić information content (AvgIpc) is 2.65. The lowest BCUT2D eigenvalue weighted by atomic mass is 9.96. The maximum atomic E-state index is 9.47. The summed E-state index contributed by atoms with van der Waals surface area (Å²) in [4.78, 5) is 13.4. The molecule has 0 aliphatic heterocycles. The van der Waals surface area contributed by atoms with E-state index in [1.54, 1.807) is 30.2 Å². The molecule has 0 atom stereocenters. The van der Waals surface area contributed by atoms with Gasteiger partial charge in [-0.1, -0.05) is 0 Å². The first-order chi connectivity index (χ1) is 13.3. The molecule has 0 amide bonds. The number of anilines is 2. The van der Waals surface area contributed by atoms with Gasteiger partial charge in [-0.2, -0.15) is 17.0 Å². The molecule has 0 unspecified atom stereocenters. The maximum Gasteiger partial charge on any atom is 0.227 e. The van der Waals surface area contributed by atoms with Gasteiger partial charge in [-0.3, -0.25) is 4.98 Å². The zero-order chi connectivity index (χ0) is 18.6. The topological polar surface area (TPSA) is 83.7 Å². The van der Waals surface area contributed by atoms with E-state index in [4.69, 9.17) is 4.74 Å². The molecule has 0 radical (unpaired) electrons. The van der Waals surface area contributed by atoms with E-state index in [1.165, 1.54) is 6.42 Å². The molecular formula is C20H19N5OS. The van der Waals surface area contributed by atoms with Crippen LogP contribution in [0, 0.1) is 11.3 Å². The smallest absolute Gasteiger partial charge is 0.227 e. The highest BCUT2D eigenvalue weighted by atomic mass is 32.2. The zero-order valence-corrected chi connectivity index (χ0v) is 15.8. The van der Waals surface area contributed by atoms with Gasteiger partial charge in [0, 0.05) is 29.2 Å². The first-order valence-corrected chi connectivity index (χ1v) is 10.2. The molecule has 2 heterocycles. The number of hydrogen-bond donors (Lipinski definition) is 1. The van der Waals surface area contributed by atoms with Gasteiger partial charge in [-0.15, -0.1) is 0 Å². The van der Waals surface area contributed by atoms with E-state index >= 15 is 0 Å². The summed E-state index contributed by atoms with van der Waals surface area (Å²) in [6.45, 7) is 0. The van der Waals surface area contributed by atoms with Gasteiger partial charge < -0.3 is 10.1 Å². The lowest BCUT2D eigenvalue weighted by Gasteiger charge is -2.27. The van der Waals surface area contributed by atoms with Crippen LogP contribution in [-0.2, 0) is 5.75 Å². The van der Waals surface area contributed by atoms with E-state index in [0.29, 0.717) is 22.8 Å². The van der Waals surface area contributed by atoms with Crippen molar-refractivity contribution >= 4 is 34.3 Å². The molecule has 1 saturated carbocycles. The molecule has 0 saturated heterocycles. The Morgan fingerprint density at radius 3 is 2.93 bits per heavy atom. The van der Waals surface area contributed by atoms with Crippen LogP contribution >= 0.6 is 11.8 Å². The van der Waals surface area contributed by atoms with E-state index in [9.17, 15) is 5.26 Å². The Kier molecular flexibility index (Phi) is 5.07. The zero-order valence-electron chi connectivity index (χ0n) is 15.0. The Hall–Kier alpha value is -2.85. The number of aromatic nitrogens is 3. The number of fused-ring (bicyclic) bond motifs is 1. The Morgan fingerprint density at radius 1 is 1.30 bits per heavy atom. The highest BCUT2D eigenvalue weighted by molar-refractivity contribution is 7.97. The minimum absolute atomic E-state index is 0.170. The van der Waals surface area contributed by atoms with Crippen molar-refractivity contribution in [2.24, 2.45) is 0 Å². The number of ether oxygens (including phenoxy) is 1. The normalized spacial score (nSPS) is 13.8. The van der Waals surface area contributed by atoms with Crippen LogP contribution in [0.1, 0.15) is 30.5 Å². The monoisotopic (exact) mass is 377 g/mol. The van der Waals surface area contributed by atoms with E-state index in [2.05, 4.69) is 26.3 Å². The molecule has 2 aromatic heterocycles. The number of nitriles is 1. The number of hydrogen-bond acceptors (Lipinski definition) is 7. The lowest BCUT2D eigenvalue weighted by Crippen LogP contribution is -2.25. The first kappa shape index (κ1) is 17.6. The largest absolute Gasteiger partial charge is 0.487 e. The number of nitrogens with one attached hydrogen (secondary N) is 1. The number of benzene rings is 1. The van der Waals surface area contributed by atoms with Gasteiger partial charge in [0.15, 0.2) is 5.75 Å². The second kappa shape index (κ2) is 7.80. The molecule has 1 aliphatic rings. The van der Waals surface area contributed by atoms with Crippen LogP contribution in [0.2, 0.25) is 0 Å². The Balaban J connectivity index is 1.69. The van der Waals surface area contributed by atoms with Crippen molar-refractivity contribution in [3.05, 3.63) is 47.9 Å². The molecule has 6 nitrogen and oxygen atoms in total. The van der Waals surface area contributed by atoms with Crippen LogP contribution in [0.4, 0.5) is 11.6 Å². The summed E-state index contributed by atoms with van der Waals surface area (Å²) >= 11 is 1.72. The van der Waals surface area contributed by atoms with Gasteiger partial charge in [0.05, 0.1) is 17.4 Å². The van der Waals surface area contributed by atoms with Crippen LogP contribution in [-0.4, -0.2) is 27.3 Å². The molecule has 3 aromatic rings. The maximum absolute atomic E-state index is 9.47. The fourth-order valence-electron chi connectivity index (χ4n) is 2.91.